The third-order valence-electron chi connectivity index (χ3n) is 0.881. The molecule has 2 atom stereocenters. The average molecular weight is 274 g/mol. The van der Waals surface area contributed by atoms with Crippen LogP contribution < -0.4 is 0 Å². The van der Waals surface area contributed by atoms with Crippen molar-refractivity contribution in [3.63, 3.8) is 0 Å². The van der Waals surface area contributed by atoms with Gasteiger partial charge in [-0.2, -0.15) is 0 Å². The van der Waals surface area contributed by atoms with Crippen molar-refractivity contribution in [2.75, 3.05) is 0 Å². The van der Waals surface area contributed by atoms with E-state index in [1.807, 2.05) is 0 Å². The maximum Gasteiger partial charge on any atom is 0.318 e. The van der Waals surface area contributed by atoms with E-state index in [1.54, 1.807) is 0 Å². The first-order valence-corrected chi connectivity index (χ1v) is 4.31. The van der Waals surface area contributed by atoms with Crippen LogP contribution in [-0.4, -0.2) is 26.5 Å². The quantitative estimate of drug-likeness (QED) is 0.786. The summed E-state index contributed by atoms with van der Waals surface area (Å²) in [5, 5.41) is 8.37. The number of alkyl halides is 2. The van der Waals surface area contributed by atoms with E-state index in [1.165, 1.54) is 6.92 Å². The first kappa shape index (κ1) is 10.1. The molecule has 0 aliphatic carbocycles. The molecule has 1 N–H and O–H groups in total. The highest BCUT2D eigenvalue weighted by molar-refractivity contribution is 9.12. The molecule has 0 saturated heterocycles. The van der Waals surface area contributed by atoms with Crippen molar-refractivity contribution < 1.29 is 14.7 Å². The predicted molar refractivity (Wildman–Crippen MR) is 43.7 cm³/mol. The second-order valence-electron chi connectivity index (χ2n) is 1.75. The number of ketones is 1. The third-order valence-corrected chi connectivity index (χ3v) is 3.68. The van der Waals surface area contributed by atoms with Crippen molar-refractivity contribution in [2.45, 2.75) is 16.6 Å². The van der Waals surface area contributed by atoms with Crippen LogP contribution in [0.5, 0.6) is 0 Å². The van der Waals surface area contributed by atoms with Crippen molar-refractivity contribution in [3.05, 3.63) is 0 Å². The number of Topliss-reactive ketones (excluding diaryl/α,β-unsaturated/α-hetero) is 1. The van der Waals surface area contributed by atoms with E-state index in [4.69, 9.17) is 5.11 Å². The molecule has 2 unspecified atom stereocenters. The summed E-state index contributed by atoms with van der Waals surface area (Å²) in [5.74, 6) is -1.25. The lowest BCUT2D eigenvalue weighted by Gasteiger charge is -2.07. The lowest BCUT2D eigenvalue weighted by molar-refractivity contribution is -0.137. The van der Waals surface area contributed by atoms with Gasteiger partial charge in [-0.3, -0.25) is 9.59 Å². The van der Waals surface area contributed by atoms with Crippen LogP contribution in [0.1, 0.15) is 6.92 Å². The van der Waals surface area contributed by atoms with Gasteiger partial charge >= 0.3 is 5.97 Å². The van der Waals surface area contributed by atoms with Crippen LogP contribution in [0.3, 0.4) is 0 Å². The van der Waals surface area contributed by atoms with Crippen molar-refractivity contribution in [3.8, 4) is 0 Å². The lowest BCUT2D eigenvalue weighted by atomic mass is 10.2. The van der Waals surface area contributed by atoms with Crippen molar-refractivity contribution in [2.24, 2.45) is 0 Å². The Hall–Kier alpha value is 0.1000. The Bertz CT molecular complexity index is 139. The van der Waals surface area contributed by atoms with Crippen LogP contribution in [0.2, 0.25) is 0 Å². The molecule has 0 aliphatic rings. The molecule has 5 heteroatoms. The number of hydrogen-bond acceptors (Lipinski definition) is 2. The summed E-state index contributed by atoms with van der Waals surface area (Å²) in [4.78, 5) is 19.3. The van der Waals surface area contributed by atoms with Gasteiger partial charge in [0.15, 0.2) is 0 Å². The molecule has 58 valence electrons. The zero-order valence-corrected chi connectivity index (χ0v) is 8.35. The molecule has 0 aromatic rings. The monoisotopic (exact) mass is 272 g/mol. The molecular weight excluding hydrogens is 268 g/mol. The number of halogens is 2. The molecule has 0 aliphatic heterocycles. The van der Waals surface area contributed by atoms with Gasteiger partial charge in [-0.25, -0.2) is 0 Å². The van der Waals surface area contributed by atoms with Crippen molar-refractivity contribution in [1.82, 2.24) is 0 Å². The zero-order valence-electron chi connectivity index (χ0n) is 5.17. The Labute approximate surface area is 75.1 Å². The number of carboxylic acid groups (broad SMARTS) is 1. The molecule has 0 rings (SSSR count). The highest BCUT2D eigenvalue weighted by Gasteiger charge is 2.26. The summed E-state index contributed by atoms with van der Waals surface area (Å²) in [7, 11) is 0. The molecule has 0 saturated carbocycles. The first-order valence-electron chi connectivity index (χ1n) is 2.48. The minimum absolute atomic E-state index is 0.204. The fraction of sp³-hybridized carbons (Fsp3) is 0.600. The summed E-state index contributed by atoms with van der Waals surface area (Å²) in [6.07, 6.45) is 0. The maximum atomic E-state index is 10.5. The fourth-order valence-corrected chi connectivity index (χ4v) is 0.930. The highest BCUT2D eigenvalue weighted by Crippen LogP contribution is 2.15. The molecule has 0 aromatic heterocycles. The third kappa shape index (κ3) is 2.79. The van der Waals surface area contributed by atoms with Gasteiger partial charge in [-0.1, -0.05) is 31.9 Å². The van der Waals surface area contributed by atoms with Crippen LogP contribution in [-0.2, 0) is 9.59 Å². The molecule has 0 spiro atoms. The number of aliphatic carboxylic acids is 1. The normalized spacial score (nSPS) is 15.9. The van der Waals surface area contributed by atoms with Gasteiger partial charge in [0.2, 0.25) is 0 Å². The summed E-state index contributed by atoms with van der Waals surface area (Å²) >= 11 is 5.77. The first-order chi connectivity index (χ1) is 4.46. The second-order valence-corrected chi connectivity index (χ2v) is 3.73. The highest BCUT2D eigenvalue weighted by atomic mass is 79.9. The Kier molecular flexibility index (Phi) is 4.12. The van der Waals surface area contributed by atoms with Crippen LogP contribution in [0.4, 0.5) is 0 Å². The number of carbonyl (C=O) groups excluding carboxylic acids is 1. The van der Waals surface area contributed by atoms with Gasteiger partial charge in [-0.05, 0) is 6.92 Å². The van der Waals surface area contributed by atoms with E-state index in [9.17, 15) is 9.59 Å². The minimum Gasteiger partial charge on any atom is -0.480 e. The number of carbonyl (C=O) groups is 2. The molecule has 0 bridgehead atoms. The number of hydrogen-bond donors (Lipinski definition) is 1. The molecular formula is C5H6Br2O3. The van der Waals surface area contributed by atoms with Gasteiger partial charge in [0, 0.05) is 0 Å². The largest absolute Gasteiger partial charge is 0.480 e. The molecule has 0 fully saturated rings. The SMILES string of the molecule is CC(=O)C(Br)C(Br)C(=O)O. The standard InChI is InChI=1S/C5H6Br2O3/c1-2(8)3(6)4(7)5(9)10/h3-4H,1H3,(H,9,10). The molecule has 0 amide bonds. The number of carboxylic acids is 1. The van der Waals surface area contributed by atoms with E-state index in [0.717, 1.165) is 0 Å². The Morgan fingerprint density at radius 3 is 1.80 bits per heavy atom. The number of rotatable bonds is 3. The fourth-order valence-electron chi connectivity index (χ4n) is 0.331. The van der Waals surface area contributed by atoms with E-state index in [0.29, 0.717) is 0 Å². The summed E-state index contributed by atoms with van der Waals surface area (Å²) in [6.45, 7) is 1.33. The molecule has 0 radical (unpaired) electrons. The van der Waals surface area contributed by atoms with Crippen LogP contribution in [0.15, 0.2) is 0 Å². The van der Waals surface area contributed by atoms with E-state index in [-0.39, 0.29) is 5.78 Å². The van der Waals surface area contributed by atoms with Crippen molar-refractivity contribution >= 4 is 43.6 Å². The smallest absolute Gasteiger partial charge is 0.318 e. The minimum atomic E-state index is -1.04. The summed E-state index contributed by atoms with van der Waals surface area (Å²) in [5.41, 5.74) is 0. The van der Waals surface area contributed by atoms with Crippen LogP contribution in [0.25, 0.3) is 0 Å². The Morgan fingerprint density at radius 2 is 1.70 bits per heavy atom. The van der Waals surface area contributed by atoms with Crippen LogP contribution in [0, 0.1) is 0 Å². The molecule has 10 heavy (non-hydrogen) atoms. The van der Waals surface area contributed by atoms with Gasteiger partial charge < -0.3 is 5.11 Å². The second kappa shape index (κ2) is 4.08. The Morgan fingerprint density at radius 1 is 1.30 bits per heavy atom. The van der Waals surface area contributed by atoms with E-state index in [2.05, 4.69) is 31.9 Å². The average Bonchev–Trinajstić information content (AvgIpc) is 1.84. The van der Waals surface area contributed by atoms with Crippen molar-refractivity contribution in [1.29, 1.82) is 0 Å². The van der Waals surface area contributed by atoms with Gasteiger partial charge in [-0.15, -0.1) is 0 Å². The van der Waals surface area contributed by atoms with Crippen LogP contribution >= 0.6 is 31.9 Å². The molecule has 0 heterocycles. The maximum absolute atomic E-state index is 10.5. The Balaban J connectivity index is 4.07. The van der Waals surface area contributed by atoms with E-state index >= 15 is 0 Å². The summed E-state index contributed by atoms with van der Waals surface area (Å²) < 4.78 is 0. The topological polar surface area (TPSA) is 54.4 Å². The van der Waals surface area contributed by atoms with Gasteiger partial charge in [0.25, 0.3) is 0 Å². The molecule has 3 nitrogen and oxygen atoms in total. The van der Waals surface area contributed by atoms with Gasteiger partial charge in [0.05, 0.1) is 4.83 Å². The molecule has 0 aromatic carbocycles. The van der Waals surface area contributed by atoms with E-state index < -0.39 is 15.6 Å². The predicted octanol–water partition coefficient (Wildman–Crippen LogP) is 1.19. The van der Waals surface area contributed by atoms with Gasteiger partial charge in [0.1, 0.15) is 10.6 Å². The zero-order chi connectivity index (χ0) is 8.31. The lowest BCUT2D eigenvalue weighted by Crippen LogP contribution is -2.28. The summed E-state index contributed by atoms with van der Waals surface area (Å²) in [6, 6.07) is 0.